The molecule has 0 aliphatic heterocycles. The van der Waals surface area contributed by atoms with Crippen molar-refractivity contribution in [2.75, 3.05) is 7.11 Å². The largest absolute Gasteiger partial charge is 0.463 e. The molecule has 1 aromatic rings. The van der Waals surface area contributed by atoms with Crippen LogP contribution >= 0.6 is 11.8 Å². The summed E-state index contributed by atoms with van der Waals surface area (Å²) in [5.74, 6) is -2.66. The highest BCUT2D eigenvalue weighted by Gasteiger charge is 2.12. The van der Waals surface area contributed by atoms with Gasteiger partial charge in [-0.15, -0.1) is 0 Å². The Hall–Kier alpha value is -1.04. The number of carbonyl (C=O) groups is 1. The summed E-state index contributed by atoms with van der Waals surface area (Å²) in [5, 5.41) is 0. The van der Waals surface area contributed by atoms with Crippen molar-refractivity contribution in [1.29, 1.82) is 0 Å². The summed E-state index contributed by atoms with van der Waals surface area (Å²) in [7, 11) is 1.22. The summed E-state index contributed by atoms with van der Waals surface area (Å²) in [6.45, 7) is 0. The van der Waals surface area contributed by atoms with Crippen molar-refractivity contribution >= 4 is 17.7 Å². The van der Waals surface area contributed by atoms with E-state index in [1.165, 1.54) is 19.2 Å². The molecule has 0 atom stereocenters. The van der Waals surface area contributed by atoms with E-state index in [-0.39, 0.29) is 11.5 Å². The Bertz CT molecular complexity index is 311. The van der Waals surface area contributed by atoms with E-state index in [0.717, 1.165) is 0 Å². The molecule has 0 saturated heterocycles. The quantitative estimate of drug-likeness (QED) is 0.734. The van der Waals surface area contributed by atoms with Crippen LogP contribution in [0.4, 0.5) is 8.78 Å². The third kappa shape index (κ3) is 3.02. The molecular weight excluding hydrogens is 214 g/mol. The second-order valence-electron chi connectivity index (χ2n) is 2.33. The molecule has 0 aromatic carbocycles. The van der Waals surface area contributed by atoms with E-state index in [4.69, 9.17) is 4.42 Å². The Balaban J connectivity index is 2.55. The van der Waals surface area contributed by atoms with E-state index in [1.54, 1.807) is 0 Å². The van der Waals surface area contributed by atoms with Crippen molar-refractivity contribution in [3.8, 4) is 0 Å². The Morgan fingerprint density at radius 1 is 1.64 bits per heavy atom. The molecule has 0 aliphatic carbocycles. The van der Waals surface area contributed by atoms with Gasteiger partial charge in [0.2, 0.25) is 5.76 Å². The van der Waals surface area contributed by atoms with Crippen molar-refractivity contribution in [2.45, 2.75) is 11.5 Å². The predicted octanol–water partition coefficient (Wildman–Crippen LogP) is 2.52. The van der Waals surface area contributed by atoms with Gasteiger partial charge in [-0.25, -0.2) is 4.79 Å². The van der Waals surface area contributed by atoms with Gasteiger partial charge >= 0.3 is 5.97 Å². The lowest BCUT2D eigenvalue weighted by molar-refractivity contribution is 0.0563. The van der Waals surface area contributed by atoms with Crippen molar-refractivity contribution < 1.29 is 22.7 Å². The first-order valence-electron chi connectivity index (χ1n) is 3.70. The molecule has 6 heteroatoms. The van der Waals surface area contributed by atoms with Crippen molar-refractivity contribution in [1.82, 2.24) is 0 Å². The SMILES string of the molecule is COC(=O)c1ccc(CSC(F)F)o1. The Kier molecular flexibility index (Phi) is 3.94. The lowest BCUT2D eigenvalue weighted by Gasteiger charge is -1.96. The van der Waals surface area contributed by atoms with E-state index < -0.39 is 11.7 Å². The van der Waals surface area contributed by atoms with Gasteiger partial charge in [0.15, 0.2) is 0 Å². The molecule has 0 spiro atoms. The molecule has 0 saturated carbocycles. The topological polar surface area (TPSA) is 39.4 Å². The molecule has 0 radical (unpaired) electrons. The standard InChI is InChI=1S/C8H8F2O3S/c1-12-7(11)6-3-2-5(13-6)4-14-8(9)10/h2-3,8H,4H2,1H3. The third-order valence-electron chi connectivity index (χ3n) is 1.40. The molecule has 0 amide bonds. The van der Waals surface area contributed by atoms with Gasteiger partial charge in [-0.05, 0) is 12.1 Å². The summed E-state index contributed by atoms with van der Waals surface area (Å²) in [4.78, 5) is 10.9. The van der Waals surface area contributed by atoms with Crippen LogP contribution in [-0.2, 0) is 10.5 Å². The second kappa shape index (κ2) is 4.99. The van der Waals surface area contributed by atoms with Gasteiger partial charge < -0.3 is 9.15 Å². The number of thioether (sulfide) groups is 1. The maximum absolute atomic E-state index is 11.8. The molecular formula is C8H8F2O3S. The number of methoxy groups -OCH3 is 1. The number of esters is 1. The normalized spacial score (nSPS) is 10.6. The second-order valence-corrected chi connectivity index (χ2v) is 3.31. The average molecular weight is 222 g/mol. The first-order chi connectivity index (χ1) is 6.63. The van der Waals surface area contributed by atoms with E-state index in [2.05, 4.69) is 4.74 Å². The Morgan fingerprint density at radius 2 is 2.36 bits per heavy atom. The van der Waals surface area contributed by atoms with Gasteiger partial charge in [-0.2, -0.15) is 8.78 Å². The molecule has 3 nitrogen and oxygen atoms in total. The molecule has 1 rings (SSSR count). The molecule has 14 heavy (non-hydrogen) atoms. The summed E-state index contributed by atoms with van der Waals surface area (Å²) >= 11 is 0.438. The molecule has 1 aromatic heterocycles. The van der Waals surface area contributed by atoms with E-state index in [0.29, 0.717) is 17.5 Å². The van der Waals surface area contributed by atoms with Crippen LogP contribution in [0.1, 0.15) is 16.3 Å². The zero-order chi connectivity index (χ0) is 10.6. The number of ether oxygens (including phenoxy) is 1. The third-order valence-corrected chi connectivity index (χ3v) is 2.10. The number of furan rings is 1. The summed E-state index contributed by atoms with van der Waals surface area (Å²) in [6, 6.07) is 2.87. The van der Waals surface area contributed by atoms with Gasteiger partial charge in [-0.1, -0.05) is 11.8 Å². The number of hydrogen-bond donors (Lipinski definition) is 0. The fourth-order valence-electron chi connectivity index (χ4n) is 0.811. The fraction of sp³-hybridized carbons (Fsp3) is 0.375. The molecule has 78 valence electrons. The number of halogens is 2. The van der Waals surface area contributed by atoms with Crippen LogP contribution in [-0.4, -0.2) is 18.8 Å². The highest BCUT2D eigenvalue weighted by Crippen LogP contribution is 2.21. The van der Waals surface area contributed by atoms with Gasteiger partial charge in [-0.3, -0.25) is 0 Å². The van der Waals surface area contributed by atoms with Crippen LogP contribution in [0, 0.1) is 0 Å². The maximum Gasteiger partial charge on any atom is 0.373 e. The summed E-state index contributed by atoms with van der Waals surface area (Å²) < 4.78 is 32.9. The van der Waals surface area contributed by atoms with Crippen molar-refractivity contribution in [2.24, 2.45) is 0 Å². The minimum Gasteiger partial charge on any atom is -0.463 e. The molecule has 1 heterocycles. The number of rotatable bonds is 4. The number of alkyl halides is 2. The highest BCUT2D eigenvalue weighted by molar-refractivity contribution is 7.98. The minimum absolute atomic E-state index is 0.0253. The van der Waals surface area contributed by atoms with Crippen LogP contribution in [0.2, 0.25) is 0 Å². The van der Waals surface area contributed by atoms with E-state index in [9.17, 15) is 13.6 Å². The van der Waals surface area contributed by atoms with Crippen molar-refractivity contribution in [3.05, 3.63) is 23.7 Å². The fourth-order valence-corrected chi connectivity index (χ4v) is 1.26. The lowest BCUT2D eigenvalue weighted by Crippen LogP contribution is -1.98. The zero-order valence-corrected chi connectivity index (χ0v) is 8.14. The predicted molar refractivity (Wildman–Crippen MR) is 47.3 cm³/mol. The van der Waals surface area contributed by atoms with Crippen LogP contribution < -0.4 is 0 Å². The van der Waals surface area contributed by atoms with Gasteiger partial charge in [0, 0.05) is 0 Å². The van der Waals surface area contributed by atoms with Gasteiger partial charge in [0.25, 0.3) is 5.76 Å². The van der Waals surface area contributed by atoms with Crippen LogP contribution in [0.25, 0.3) is 0 Å². The van der Waals surface area contributed by atoms with Crippen LogP contribution in [0.15, 0.2) is 16.5 Å². The number of carbonyl (C=O) groups excluding carboxylic acids is 1. The first kappa shape index (κ1) is 11.0. The lowest BCUT2D eigenvalue weighted by atomic mass is 10.4. The van der Waals surface area contributed by atoms with E-state index in [1.807, 2.05) is 0 Å². The van der Waals surface area contributed by atoms with Crippen molar-refractivity contribution in [3.63, 3.8) is 0 Å². The minimum atomic E-state index is -2.44. The Labute approximate surface area is 83.4 Å². The average Bonchev–Trinajstić information content (AvgIpc) is 2.62. The smallest absolute Gasteiger partial charge is 0.373 e. The molecule has 0 fully saturated rings. The molecule has 0 unspecified atom stereocenters. The molecule has 0 aliphatic rings. The molecule has 0 N–H and O–H groups in total. The summed E-state index contributed by atoms with van der Waals surface area (Å²) in [6.07, 6.45) is 0. The maximum atomic E-state index is 11.8. The van der Waals surface area contributed by atoms with E-state index >= 15 is 0 Å². The van der Waals surface area contributed by atoms with Gasteiger partial charge in [0.1, 0.15) is 5.76 Å². The molecule has 0 bridgehead atoms. The Morgan fingerprint density at radius 3 is 2.93 bits per heavy atom. The van der Waals surface area contributed by atoms with Crippen LogP contribution in [0.3, 0.4) is 0 Å². The summed E-state index contributed by atoms with van der Waals surface area (Å²) in [5.41, 5.74) is 0. The van der Waals surface area contributed by atoms with Gasteiger partial charge in [0.05, 0.1) is 12.9 Å². The van der Waals surface area contributed by atoms with Crippen LogP contribution in [0.5, 0.6) is 0 Å². The monoisotopic (exact) mass is 222 g/mol. The first-order valence-corrected chi connectivity index (χ1v) is 4.75. The highest BCUT2D eigenvalue weighted by atomic mass is 32.2. The number of hydrogen-bond acceptors (Lipinski definition) is 4. The zero-order valence-electron chi connectivity index (χ0n) is 7.33.